The summed E-state index contributed by atoms with van der Waals surface area (Å²) in [5, 5.41) is 12.2. The number of nitrogens with one attached hydrogen (secondary N) is 3. The smallest absolute Gasteiger partial charge is 0.226 e. The molecule has 5 nitrogen and oxygen atoms in total. The molecule has 3 N–H and O–H groups in total. The van der Waals surface area contributed by atoms with Crippen LogP contribution in [0.2, 0.25) is 0 Å². The van der Waals surface area contributed by atoms with E-state index in [4.69, 9.17) is 0 Å². The van der Waals surface area contributed by atoms with Crippen LogP contribution in [-0.4, -0.2) is 28.7 Å². The topological polar surface area (TPSA) is 69.8 Å². The summed E-state index contributed by atoms with van der Waals surface area (Å²) in [6.45, 7) is 3.95. The minimum atomic E-state index is -0.187. The van der Waals surface area contributed by atoms with E-state index >= 15 is 0 Å². The van der Waals surface area contributed by atoms with Gasteiger partial charge in [-0.15, -0.1) is 0 Å². The number of nitrogens with zero attached hydrogens (tertiary/aromatic N) is 1. The van der Waals surface area contributed by atoms with Crippen molar-refractivity contribution in [2.45, 2.75) is 25.8 Å². The summed E-state index contributed by atoms with van der Waals surface area (Å²) in [6.07, 6.45) is 3.64. The third-order valence-corrected chi connectivity index (χ3v) is 2.06. The molecule has 1 aromatic heterocycles. The Morgan fingerprint density at radius 2 is 2.36 bits per heavy atom. The molecule has 1 heterocycles. The molecule has 14 heavy (non-hydrogen) atoms. The van der Waals surface area contributed by atoms with Gasteiger partial charge in [0.1, 0.15) is 0 Å². The van der Waals surface area contributed by atoms with Gasteiger partial charge in [0.05, 0.1) is 11.9 Å². The second-order valence-electron chi connectivity index (χ2n) is 3.85. The lowest BCUT2D eigenvalue weighted by Gasteiger charge is -2.22. The molecule has 0 aliphatic rings. The van der Waals surface area contributed by atoms with Crippen LogP contribution < -0.4 is 10.6 Å². The Labute approximate surface area is 83.3 Å². The summed E-state index contributed by atoms with van der Waals surface area (Å²) in [6, 6.07) is 0. The van der Waals surface area contributed by atoms with Crippen LogP contribution in [0.4, 0.5) is 5.69 Å². The Kier molecular flexibility index (Phi) is 3.24. The van der Waals surface area contributed by atoms with Crippen molar-refractivity contribution in [1.29, 1.82) is 0 Å². The highest BCUT2D eigenvalue weighted by Gasteiger charge is 2.19. The van der Waals surface area contributed by atoms with Gasteiger partial charge in [0.15, 0.2) is 0 Å². The molecule has 0 fully saturated rings. The van der Waals surface area contributed by atoms with Gasteiger partial charge in [0.25, 0.3) is 0 Å². The average molecular weight is 196 g/mol. The van der Waals surface area contributed by atoms with Crippen LogP contribution in [0.25, 0.3) is 0 Å². The lowest BCUT2D eigenvalue weighted by Crippen LogP contribution is -2.39. The number of hydrogen-bond acceptors (Lipinski definition) is 3. The fourth-order valence-corrected chi connectivity index (χ4v) is 1.01. The normalized spacial score (nSPS) is 11.4. The van der Waals surface area contributed by atoms with Crippen molar-refractivity contribution in [2.24, 2.45) is 0 Å². The van der Waals surface area contributed by atoms with E-state index in [-0.39, 0.29) is 11.4 Å². The fourth-order valence-electron chi connectivity index (χ4n) is 1.01. The van der Waals surface area contributed by atoms with Crippen LogP contribution in [-0.2, 0) is 4.79 Å². The molecule has 0 saturated carbocycles. The van der Waals surface area contributed by atoms with Crippen molar-refractivity contribution in [3.8, 4) is 0 Å². The summed E-state index contributed by atoms with van der Waals surface area (Å²) in [7, 11) is 1.84. The van der Waals surface area contributed by atoms with Crippen molar-refractivity contribution < 1.29 is 4.79 Å². The van der Waals surface area contributed by atoms with E-state index in [9.17, 15) is 4.79 Å². The largest absolute Gasteiger partial charge is 0.323 e. The van der Waals surface area contributed by atoms with Gasteiger partial charge >= 0.3 is 0 Å². The quantitative estimate of drug-likeness (QED) is 0.665. The second-order valence-corrected chi connectivity index (χ2v) is 3.85. The molecule has 0 aliphatic carbocycles. The van der Waals surface area contributed by atoms with Gasteiger partial charge in [-0.3, -0.25) is 9.89 Å². The van der Waals surface area contributed by atoms with Crippen LogP contribution in [0.5, 0.6) is 0 Å². The van der Waals surface area contributed by atoms with Gasteiger partial charge < -0.3 is 10.6 Å². The number of carbonyl (C=O) groups excluding carboxylic acids is 1. The molecule has 0 atom stereocenters. The molecule has 78 valence electrons. The number of aromatic nitrogens is 2. The van der Waals surface area contributed by atoms with E-state index in [1.165, 1.54) is 0 Å². The zero-order valence-corrected chi connectivity index (χ0v) is 8.72. The Morgan fingerprint density at radius 3 is 2.86 bits per heavy atom. The van der Waals surface area contributed by atoms with Gasteiger partial charge in [-0.05, 0) is 20.9 Å². The van der Waals surface area contributed by atoms with E-state index < -0.39 is 0 Å². The highest BCUT2D eigenvalue weighted by Crippen LogP contribution is 2.09. The zero-order chi connectivity index (χ0) is 10.6. The first-order chi connectivity index (χ1) is 6.53. The molecular formula is C9H16N4O. The van der Waals surface area contributed by atoms with Crippen molar-refractivity contribution in [3.63, 3.8) is 0 Å². The number of hydrogen-bond donors (Lipinski definition) is 3. The lowest BCUT2D eigenvalue weighted by molar-refractivity contribution is -0.117. The van der Waals surface area contributed by atoms with Crippen LogP contribution in [0, 0.1) is 0 Å². The molecule has 0 aliphatic heterocycles. The average Bonchev–Trinajstić information content (AvgIpc) is 2.55. The third kappa shape index (κ3) is 3.18. The van der Waals surface area contributed by atoms with E-state index in [0.717, 1.165) is 0 Å². The van der Waals surface area contributed by atoms with E-state index in [0.29, 0.717) is 12.1 Å². The third-order valence-electron chi connectivity index (χ3n) is 2.06. The first-order valence-electron chi connectivity index (χ1n) is 4.51. The van der Waals surface area contributed by atoms with Gasteiger partial charge in [-0.25, -0.2) is 0 Å². The van der Waals surface area contributed by atoms with E-state index in [1.54, 1.807) is 12.4 Å². The molecule has 1 rings (SSSR count). The fraction of sp³-hybridized carbons (Fsp3) is 0.556. The Morgan fingerprint density at radius 1 is 1.64 bits per heavy atom. The van der Waals surface area contributed by atoms with Gasteiger partial charge in [0, 0.05) is 18.2 Å². The second kappa shape index (κ2) is 4.23. The maximum Gasteiger partial charge on any atom is 0.226 e. The highest BCUT2D eigenvalue weighted by atomic mass is 16.1. The molecular weight excluding hydrogens is 180 g/mol. The predicted octanol–water partition coefficient (Wildman–Crippen LogP) is 0.736. The first-order valence-corrected chi connectivity index (χ1v) is 4.51. The Hall–Kier alpha value is -1.36. The van der Waals surface area contributed by atoms with E-state index in [1.807, 2.05) is 20.9 Å². The first kappa shape index (κ1) is 10.7. The summed E-state index contributed by atoms with van der Waals surface area (Å²) in [5.74, 6) is -0.0225. The van der Waals surface area contributed by atoms with Crippen molar-refractivity contribution >= 4 is 11.6 Å². The van der Waals surface area contributed by atoms with Gasteiger partial charge in [0.2, 0.25) is 5.91 Å². The zero-order valence-electron chi connectivity index (χ0n) is 8.72. The van der Waals surface area contributed by atoms with Crippen LogP contribution in [0.15, 0.2) is 12.4 Å². The molecule has 0 aromatic carbocycles. The molecule has 0 unspecified atom stereocenters. The highest BCUT2D eigenvalue weighted by molar-refractivity contribution is 5.91. The number of carbonyl (C=O) groups is 1. The number of anilines is 1. The SMILES string of the molecule is CNC(C)(C)CC(=O)Nc1cn[nH]c1. The summed E-state index contributed by atoms with van der Waals surface area (Å²) < 4.78 is 0. The molecule has 0 saturated heterocycles. The number of aromatic amines is 1. The molecule has 5 heteroatoms. The standard InChI is InChI=1S/C9H16N4O/c1-9(2,10-3)4-8(14)13-7-5-11-12-6-7/h5-6,10H,4H2,1-3H3,(H,11,12)(H,13,14). The van der Waals surface area contributed by atoms with Gasteiger partial charge in [-0.2, -0.15) is 5.10 Å². The molecule has 0 spiro atoms. The molecule has 1 amide bonds. The van der Waals surface area contributed by atoms with Crippen molar-refractivity contribution in [3.05, 3.63) is 12.4 Å². The number of H-pyrrole nitrogens is 1. The lowest BCUT2D eigenvalue weighted by atomic mass is 10.0. The predicted molar refractivity (Wildman–Crippen MR) is 55.0 cm³/mol. The summed E-state index contributed by atoms with van der Waals surface area (Å²) in [5.41, 5.74) is 0.510. The maximum absolute atomic E-state index is 11.5. The maximum atomic E-state index is 11.5. The van der Waals surface area contributed by atoms with Crippen LogP contribution in [0.3, 0.4) is 0 Å². The minimum Gasteiger partial charge on any atom is -0.323 e. The van der Waals surface area contributed by atoms with Crippen molar-refractivity contribution in [2.75, 3.05) is 12.4 Å². The van der Waals surface area contributed by atoms with E-state index in [2.05, 4.69) is 20.8 Å². The minimum absolute atomic E-state index is 0.0225. The van der Waals surface area contributed by atoms with Crippen LogP contribution in [0.1, 0.15) is 20.3 Å². The molecule has 1 aromatic rings. The summed E-state index contributed by atoms with van der Waals surface area (Å²) in [4.78, 5) is 11.5. The summed E-state index contributed by atoms with van der Waals surface area (Å²) >= 11 is 0. The Balaban J connectivity index is 2.44. The van der Waals surface area contributed by atoms with Crippen LogP contribution >= 0.6 is 0 Å². The number of rotatable bonds is 4. The molecule has 0 radical (unpaired) electrons. The Bertz CT molecular complexity index is 292. The monoisotopic (exact) mass is 196 g/mol. The molecule has 0 bridgehead atoms. The van der Waals surface area contributed by atoms with Crippen molar-refractivity contribution in [1.82, 2.24) is 15.5 Å². The number of amides is 1. The van der Waals surface area contributed by atoms with Gasteiger partial charge in [-0.1, -0.05) is 0 Å².